The largest absolute Gasteiger partial charge is 0.497 e. The summed E-state index contributed by atoms with van der Waals surface area (Å²) in [6, 6.07) is 11.8. The third-order valence-electron chi connectivity index (χ3n) is 10.5. The lowest BCUT2D eigenvalue weighted by molar-refractivity contribution is -0.139. The Kier molecular flexibility index (Phi) is 7.04. The number of carbonyl (C=O) groups excluding carboxylic acids is 2. The van der Waals surface area contributed by atoms with Gasteiger partial charge in [0.1, 0.15) is 5.75 Å². The van der Waals surface area contributed by atoms with E-state index in [1.165, 1.54) is 36.2 Å². The van der Waals surface area contributed by atoms with Crippen LogP contribution in [0.4, 0.5) is 0 Å². The van der Waals surface area contributed by atoms with Gasteiger partial charge in [0.25, 0.3) is 5.91 Å². The molecule has 43 heavy (non-hydrogen) atoms. The molecule has 2 aliphatic carbocycles. The van der Waals surface area contributed by atoms with Gasteiger partial charge in [0.2, 0.25) is 5.91 Å². The smallest absolute Gasteiger partial charge is 0.303 e. The Morgan fingerprint density at radius 3 is 2.53 bits per heavy atom. The van der Waals surface area contributed by atoms with Crippen LogP contribution in [0.5, 0.6) is 5.75 Å². The van der Waals surface area contributed by atoms with Crippen LogP contribution in [0, 0.1) is 5.41 Å². The number of fused-ring (bicyclic) bond motifs is 4. The molecule has 7 rings (SSSR count). The molecule has 2 amide bonds. The van der Waals surface area contributed by atoms with Crippen molar-refractivity contribution < 1.29 is 22.7 Å². The van der Waals surface area contributed by atoms with Crippen LogP contribution in [0.25, 0.3) is 22.2 Å². The molecule has 3 aromatic rings. The van der Waals surface area contributed by atoms with E-state index >= 15 is 0 Å². The highest BCUT2D eigenvalue weighted by molar-refractivity contribution is 7.87. The highest BCUT2D eigenvalue weighted by atomic mass is 32.2. The van der Waals surface area contributed by atoms with Gasteiger partial charge in [-0.2, -0.15) is 12.7 Å². The van der Waals surface area contributed by atoms with Crippen LogP contribution >= 0.6 is 0 Å². The van der Waals surface area contributed by atoms with Crippen molar-refractivity contribution in [1.82, 2.24) is 18.9 Å². The molecule has 2 N–H and O–H groups in total. The van der Waals surface area contributed by atoms with E-state index in [4.69, 9.17) is 4.74 Å². The zero-order valence-electron chi connectivity index (χ0n) is 24.9. The third kappa shape index (κ3) is 4.56. The van der Waals surface area contributed by atoms with E-state index in [-0.39, 0.29) is 23.9 Å². The van der Waals surface area contributed by atoms with Gasteiger partial charge in [-0.3, -0.25) is 9.59 Å². The fourth-order valence-electron chi connectivity index (χ4n) is 8.07. The summed E-state index contributed by atoms with van der Waals surface area (Å²) >= 11 is 0. The van der Waals surface area contributed by atoms with Gasteiger partial charge in [-0.05, 0) is 85.9 Å². The highest BCUT2D eigenvalue weighted by Gasteiger charge is 2.56. The lowest BCUT2D eigenvalue weighted by atomic mass is 9.56. The molecule has 0 radical (unpaired) electrons. The number of hydrogen-bond acceptors (Lipinski definition) is 5. The number of amides is 2. The summed E-state index contributed by atoms with van der Waals surface area (Å²) in [6.07, 6.45) is 8.67. The van der Waals surface area contributed by atoms with E-state index in [2.05, 4.69) is 26.7 Å². The van der Waals surface area contributed by atoms with E-state index in [9.17, 15) is 18.0 Å². The number of hydrogen-bond donors (Lipinski definition) is 2. The van der Waals surface area contributed by atoms with Crippen LogP contribution in [0.3, 0.4) is 0 Å². The molecule has 3 heterocycles. The van der Waals surface area contributed by atoms with Crippen LogP contribution < -0.4 is 14.8 Å². The summed E-state index contributed by atoms with van der Waals surface area (Å²) in [7, 11) is -0.861. The molecule has 4 aliphatic rings. The van der Waals surface area contributed by atoms with Crippen molar-refractivity contribution in [3.05, 3.63) is 53.1 Å². The van der Waals surface area contributed by atoms with Crippen LogP contribution in [0.15, 0.2) is 36.4 Å². The Balaban J connectivity index is 1.50. The predicted molar refractivity (Wildman–Crippen MR) is 165 cm³/mol. The van der Waals surface area contributed by atoms with Gasteiger partial charge in [0, 0.05) is 54.6 Å². The Morgan fingerprint density at radius 1 is 0.977 bits per heavy atom. The second-order valence-corrected chi connectivity index (χ2v) is 14.6. The number of ether oxygens (including phenoxy) is 1. The second kappa shape index (κ2) is 10.7. The summed E-state index contributed by atoms with van der Waals surface area (Å²) < 4.78 is 37.4. The first-order valence-electron chi connectivity index (χ1n) is 15.6. The van der Waals surface area contributed by atoms with Gasteiger partial charge in [-0.15, -0.1) is 0 Å². The van der Waals surface area contributed by atoms with Crippen molar-refractivity contribution >= 4 is 32.9 Å². The van der Waals surface area contributed by atoms with Gasteiger partial charge >= 0.3 is 10.2 Å². The summed E-state index contributed by atoms with van der Waals surface area (Å²) in [6.45, 7) is 1.22. The molecule has 0 saturated heterocycles. The standard InChI is InChI=1S/C33H40N4O5S/c1-36-17-7-6-16-34-32(39)33-15-14-27(33)26-19-23(42-2)11-13-24(26)30-29(21-8-4-3-5-9-21)25-12-10-22(18-28(25)37(30)20-33)31(38)35-43(36,40)41/h10-13,18-19,21,27H,3-9,14-17,20H2,1-2H3,(H,34,39)(H,35,38)/t27-,33-/m1/s1. The quantitative estimate of drug-likeness (QED) is 0.425. The van der Waals surface area contributed by atoms with Gasteiger partial charge < -0.3 is 14.6 Å². The molecule has 2 atom stereocenters. The van der Waals surface area contributed by atoms with E-state index in [0.29, 0.717) is 31.8 Å². The molecule has 2 aliphatic heterocycles. The van der Waals surface area contributed by atoms with E-state index < -0.39 is 21.5 Å². The fraction of sp³-hybridized carbons (Fsp3) is 0.515. The number of methoxy groups -OCH3 is 1. The second-order valence-electron chi connectivity index (χ2n) is 12.8. The monoisotopic (exact) mass is 604 g/mol. The van der Waals surface area contributed by atoms with Gasteiger partial charge in [0.15, 0.2) is 0 Å². The maximum atomic E-state index is 14.2. The molecule has 1 spiro atoms. The third-order valence-corrected chi connectivity index (χ3v) is 12.0. The lowest BCUT2D eigenvalue weighted by Gasteiger charge is -2.48. The maximum Gasteiger partial charge on any atom is 0.303 e. The first kappa shape index (κ1) is 28.4. The van der Waals surface area contributed by atoms with Crippen LogP contribution in [-0.2, 0) is 21.5 Å². The molecule has 2 aromatic carbocycles. The predicted octanol–water partition coefficient (Wildman–Crippen LogP) is 5.06. The number of aromatic nitrogens is 1. The number of nitrogens with one attached hydrogen (secondary N) is 2. The van der Waals surface area contributed by atoms with Crippen molar-refractivity contribution in [2.24, 2.45) is 5.41 Å². The molecular weight excluding hydrogens is 564 g/mol. The molecular formula is C33H40N4O5S. The van der Waals surface area contributed by atoms with Crippen LogP contribution in [-0.4, -0.2) is 56.4 Å². The van der Waals surface area contributed by atoms with Crippen molar-refractivity contribution in [3.8, 4) is 17.0 Å². The minimum Gasteiger partial charge on any atom is -0.497 e. The average Bonchev–Trinajstić information content (AvgIpc) is 3.27. The molecule has 2 fully saturated rings. The molecule has 228 valence electrons. The molecule has 2 saturated carbocycles. The Morgan fingerprint density at radius 2 is 1.79 bits per heavy atom. The normalized spacial score (nSPS) is 26.2. The Labute approximate surface area is 253 Å². The van der Waals surface area contributed by atoms with Crippen LogP contribution in [0.1, 0.15) is 91.1 Å². The maximum absolute atomic E-state index is 14.2. The first-order valence-corrected chi connectivity index (χ1v) is 17.1. The zero-order valence-corrected chi connectivity index (χ0v) is 25.8. The van der Waals surface area contributed by atoms with E-state index in [0.717, 1.165) is 59.2 Å². The molecule has 9 nitrogen and oxygen atoms in total. The minimum atomic E-state index is -4.01. The summed E-state index contributed by atoms with van der Waals surface area (Å²) in [5.74, 6) is 0.599. The molecule has 0 unspecified atom stereocenters. The average molecular weight is 605 g/mol. The van der Waals surface area contributed by atoms with Crippen molar-refractivity contribution in [2.75, 3.05) is 27.2 Å². The topological polar surface area (TPSA) is 110 Å². The fourth-order valence-corrected chi connectivity index (χ4v) is 8.94. The molecule has 10 heteroatoms. The number of benzene rings is 2. The summed E-state index contributed by atoms with van der Waals surface area (Å²) in [5.41, 5.74) is 5.24. The number of carbonyl (C=O) groups is 2. The first-order chi connectivity index (χ1) is 20.7. The van der Waals surface area contributed by atoms with E-state index in [1.807, 2.05) is 18.2 Å². The van der Waals surface area contributed by atoms with Gasteiger partial charge in [-0.25, -0.2) is 4.72 Å². The van der Waals surface area contributed by atoms with Gasteiger partial charge in [-0.1, -0.05) is 25.3 Å². The molecule has 1 aromatic heterocycles. The minimum absolute atomic E-state index is 0.0494. The highest BCUT2D eigenvalue weighted by Crippen LogP contribution is 2.60. The van der Waals surface area contributed by atoms with Crippen LogP contribution in [0.2, 0.25) is 0 Å². The Hall–Kier alpha value is -3.37. The van der Waals surface area contributed by atoms with Crippen molar-refractivity contribution in [3.63, 3.8) is 0 Å². The lowest BCUT2D eigenvalue weighted by Crippen LogP contribution is -2.53. The summed E-state index contributed by atoms with van der Waals surface area (Å²) in [4.78, 5) is 27.6. The molecule has 4 bridgehead atoms. The van der Waals surface area contributed by atoms with E-state index in [1.54, 1.807) is 13.2 Å². The summed E-state index contributed by atoms with van der Waals surface area (Å²) in [5, 5.41) is 4.31. The SMILES string of the molecule is COc1ccc2c(c1)[C@H]1CC[C@@]13Cn1c-2c(C2CCCCC2)c2ccc(cc21)C(=O)NS(=O)(=O)N(C)CCCCNC3=O. The van der Waals surface area contributed by atoms with Crippen molar-refractivity contribution in [2.45, 2.75) is 76.2 Å². The number of nitrogens with zero attached hydrogens (tertiary/aromatic N) is 2. The Bertz CT molecular complexity index is 1720. The zero-order chi connectivity index (χ0) is 29.9. The van der Waals surface area contributed by atoms with Crippen molar-refractivity contribution in [1.29, 1.82) is 0 Å². The van der Waals surface area contributed by atoms with Gasteiger partial charge in [0.05, 0.1) is 18.2 Å². The number of rotatable bonds is 2.